The van der Waals surface area contributed by atoms with Crippen LogP contribution in [0.5, 0.6) is 0 Å². The molecule has 0 fully saturated rings. The van der Waals surface area contributed by atoms with E-state index in [0.717, 1.165) is 27.7 Å². The van der Waals surface area contributed by atoms with Crippen LogP contribution in [0.2, 0.25) is 0 Å². The summed E-state index contributed by atoms with van der Waals surface area (Å²) in [6, 6.07) is 0. The monoisotopic (exact) mass is 404 g/mol. The van der Waals surface area contributed by atoms with E-state index in [-0.39, 0.29) is 76.2 Å². The van der Waals surface area contributed by atoms with Crippen molar-refractivity contribution in [3.05, 3.63) is 0 Å². The summed E-state index contributed by atoms with van der Waals surface area (Å²) in [4.78, 5) is 36.0. The molecule has 0 saturated heterocycles. The molecule has 0 unspecified atom stereocenters. The molecule has 0 bridgehead atoms. The molecule has 0 aliphatic heterocycles. The third-order valence-electron chi connectivity index (χ3n) is 0.167. The Kier molecular flexibility index (Phi) is 106. The maximum absolute atomic E-state index is 9.00. The molecule has 0 saturated carbocycles. The van der Waals surface area contributed by atoms with Crippen molar-refractivity contribution in [3.63, 3.8) is 0 Å². The normalized spacial score (nSPS) is 5.65. The Morgan fingerprint density at radius 1 is 0.609 bits per heavy atom. The van der Waals surface area contributed by atoms with Gasteiger partial charge in [-0.05, 0) is 0 Å². The summed E-state index contributed by atoms with van der Waals surface area (Å²) in [6.45, 7) is 5.53. The topological polar surface area (TPSA) is 201 Å². The molecule has 8 N–H and O–H groups in total. The van der Waals surface area contributed by atoms with Crippen molar-refractivity contribution >= 4 is 83.0 Å². The molecule has 10 nitrogen and oxygen atoms in total. The number of aliphatic carboxylic acids is 4. The minimum absolute atomic E-state index is 0. The summed E-state index contributed by atoms with van der Waals surface area (Å²) in [5.41, 5.74) is 9.81. The van der Waals surface area contributed by atoms with E-state index in [1.807, 2.05) is 0 Å². The number of carbonyl (C=O) groups is 4. The van der Waals surface area contributed by atoms with Crippen molar-refractivity contribution in [3.8, 4) is 0 Å². The summed E-state index contributed by atoms with van der Waals surface area (Å²) >= 11 is 0. The molecule has 0 aromatic rings. The standard InChI is InChI=1S/C2H8N2.4C2H4O2.Fe.2Na.2H/c3-1-2-4;4*1-2(3)4;;;;;/h1-4H2;4*1H3,(H,3,4);;;;;. The van der Waals surface area contributed by atoms with Gasteiger partial charge in [-0.25, -0.2) is 0 Å². The number of hydrogen-bond acceptors (Lipinski definition) is 6. The molecule has 0 aromatic carbocycles. The second-order valence-electron chi connectivity index (χ2n) is 2.65. The van der Waals surface area contributed by atoms with Crippen LogP contribution in [0.15, 0.2) is 0 Å². The summed E-state index contributed by atoms with van der Waals surface area (Å²) in [5.74, 6) is -3.33. The number of nitrogens with two attached hydrogens (primary N) is 2. The van der Waals surface area contributed by atoms with Gasteiger partial charge in [0.15, 0.2) is 0 Å². The van der Waals surface area contributed by atoms with Crippen LogP contribution in [0.1, 0.15) is 27.7 Å². The van der Waals surface area contributed by atoms with Crippen molar-refractivity contribution < 1.29 is 56.7 Å². The zero-order chi connectivity index (χ0) is 17.7. The van der Waals surface area contributed by atoms with Gasteiger partial charge in [0.25, 0.3) is 23.9 Å². The van der Waals surface area contributed by atoms with Gasteiger partial charge in [-0.15, -0.1) is 0 Å². The SMILES string of the molecule is CC(=O)O.CC(=O)O.CC(=O)O.CC(=O)O.NCCN.[Fe].[NaH].[NaH]. The molecular formula is C10H26FeN2Na2O8. The Balaban J connectivity index is -0.0000000197. The van der Waals surface area contributed by atoms with Crippen LogP contribution < -0.4 is 11.5 Å². The first kappa shape index (κ1) is 49.5. The van der Waals surface area contributed by atoms with Crippen LogP contribution in [0.3, 0.4) is 0 Å². The van der Waals surface area contributed by atoms with E-state index < -0.39 is 23.9 Å². The molecular weight excluding hydrogens is 378 g/mol. The van der Waals surface area contributed by atoms with Crippen LogP contribution in [-0.2, 0) is 36.2 Å². The number of carboxylic acid groups (broad SMARTS) is 4. The average Bonchev–Trinajstić information content (AvgIpc) is 2.13. The predicted octanol–water partition coefficient (Wildman–Crippen LogP) is -2.03. The molecule has 23 heavy (non-hydrogen) atoms. The van der Waals surface area contributed by atoms with Crippen LogP contribution >= 0.6 is 0 Å². The van der Waals surface area contributed by atoms with E-state index in [9.17, 15) is 0 Å². The minimum atomic E-state index is -0.833. The number of rotatable bonds is 1. The molecule has 0 amide bonds. The number of hydrogen-bond donors (Lipinski definition) is 6. The van der Waals surface area contributed by atoms with Gasteiger partial charge in [-0.3, -0.25) is 19.2 Å². The first-order valence-corrected chi connectivity index (χ1v) is 5.03. The van der Waals surface area contributed by atoms with E-state index in [1.54, 1.807) is 0 Å². The molecule has 0 aliphatic carbocycles. The first-order chi connectivity index (χ1) is 8.84. The van der Waals surface area contributed by atoms with Gasteiger partial charge < -0.3 is 31.9 Å². The fraction of sp³-hybridized carbons (Fsp3) is 0.600. The van der Waals surface area contributed by atoms with E-state index in [0.29, 0.717) is 13.1 Å². The summed E-state index contributed by atoms with van der Waals surface area (Å²) in [6.07, 6.45) is 0. The Hall–Kier alpha value is 0.319. The van der Waals surface area contributed by atoms with Crippen LogP contribution in [-0.4, -0.2) is 117 Å². The predicted molar refractivity (Wildman–Crippen MR) is 85.6 cm³/mol. The van der Waals surface area contributed by atoms with Gasteiger partial charge in [0.05, 0.1) is 0 Å². The van der Waals surface area contributed by atoms with Gasteiger partial charge in [-0.2, -0.15) is 0 Å². The Morgan fingerprint density at radius 3 is 0.652 bits per heavy atom. The van der Waals surface area contributed by atoms with Crippen molar-refractivity contribution in [2.24, 2.45) is 11.5 Å². The fourth-order valence-electron chi connectivity index (χ4n) is 0. The van der Waals surface area contributed by atoms with Crippen LogP contribution in [0.25, 0.3) is 0 Å². The Morgan fingerprint density at radius 2 is 0.652 bits per heavy atom. The maximum atomic E-state index is 9.00. The zero-order valence-electron chi connectivity index (χ0n) is 12.3. The summed E-state index contributed by atoms with van der Waals surface area (Å²) < 4.78 is 0. The Bertz CT molecular complexity index is 205. The van der Waals surface area contributed by atoms with Crippen molar-refractivity contribution in [2.45, 2.75) is 27.7 Å². The third kappa shape index (κ3) is 5290. The van der Waals surface area contributed by atoms with Crippen LogP contribution in [0.4, 0.5) is 0 Å². The molecule has 0 aromatic heterocycles. The Labute approximate surface area is 190 Å². The van der Waals surface area contributed by atoms with E-state index in [1.165, 1.54) is 0 Å². The molecule has 0 rings (SSSR count). The van der Waals surface area contributed by atoms with E-state index in [2.05, 4.69) is 0 Å². The third-order valence-corrected chi connectivity index (χ3v) is 0.167. The summed E-state index contributed by atoms with van der Waals surface area (Å²) in [7, 11) is 0. The number of carboxylic acids is 4. The van der Waals surface area contributed by atoms with Crippen molar-refractivity contribution in [2.75, 3.05) is 13.1 Å². The molecule has 0 atom stereocenters. The van der Waals surface area contributed by atoms with E-state index >= 15 is 0 Å². The second-order valence-corrected chi connectivity index (χ2v) is 2.65. The molecule has 0 radical (unpaired) electrons. The van der Waals surface area contributed by atoms with E-state index in [4.69, 9.17) is 51.1 Å². The molecule has 0 spiro atoms. The average molecular weight is 404 g/mol. The van der Waals surface area contributed by atoms with Gasteiger partial charge in [-0.1, -0.05) is 0 Å². The first-order valence-electron chi connectivity index (χ1n) is 5.03. The zero-order valence-corrected chi connectivity index (χ0v) is 13.4. The van der Waals surface area contributed by atoms with Gasteiger partial charge >= 0.3 is 59.1 Å². The van der Waals surface area contributed by atoms with Crippen LogP contribution in [0, 0.1) is 0 Å². The van der Waals surface area contributed by atoms with Gasteiger partial charge in [0.1, 0.15) is 0 Å². The molecule has 0 heterocycles. The molecule has 134 valence electrons. The fourth-order valence-corrected chi connectivity index (χ4v) is 0. The van der Waals surface area contributed by atoms with Gasteiger partial charge in [0.2, 0.25) is 0 Å². The van der Waals surface area contributed by atoms with Crippen molar-refractivity contribution in [1.82, 2.24) is 0 Å². The van der Waals surface area contributed by atoms with Gasteiger partial charge in [0, 0.05) is 57.9 Å². The quantitative estimate of drug-likeness (QED) is 0.265. The summed E-state index contributed by atoms with van der Waals surface area (Å²) in [5, 5.41) is 29.7. The van der Waals surface area contributed by atoms with Crippen molar-refractivity contribution in [1.29, 1.82) is 0 Å². The molecule has 0 aliphatic rings. The second kappa shape index (κ2) is 49.5. The molecule has 13 heteroatoms.